The minimum Gasteiger partial charge on any atom is -0.351 e. The molecule has 2 fully saturated rings. The smallest absolute Gasteiger partial charge is 0.272 e. The first kappa shape index (κ1) is 25.6. The molecule has 10 heteroatoms. The third-order valence-electron chi connectivity index (χ3n) is 7.95. The van der Waals surface area contributed by atoms with Gasteiger partial charge >= 0.3 is 0 Å². The van der Waals surface area contributed by atoms with Crippen LogP contribution in [0.3, 0.4) is 0 Å². The van der Waals surface area contributed by atoms with Crippen LogP contribution >= 0.6 is 0 Å². The number of rotatable bonds is 7. The van der Waals surface area contributed by atoms with Gasteiger partial charge in [-0.1, -0.05) is 25.7 Å². The van der Waals surface area contributed by atoms with Gasteiger partial charge in [-0.2, -0.15) is 5.10 Å². The molecule has 4 rings (SSSR count). The topological polar surface area (TPSA) is 103 Å². The molecule has 1 aromatic rings. The van der Waals surface area contributed by atoms with Crippen LogP contribution in [0, 0.1) is 0 Å². The highest BCUT2D eigenvalue weighted by atomic mass is 16.2. The Morgan fingerprint density at radius 1 is 1.09 bits per heavy atom. The number of carbonyl (C=O) groups excluding carboxylic acids is 3. The van der Waals surface area contributed by atoms with E-state index in [1.54, 1.807) is 14.0 Å². The maximum Gasteiger partial charge on any atom is 0.272 e. The Morgan fingerprint density at radius 3 is 2.46 bits per heavy atom. The largest absolute Gasteiger partial charge is 0.351 e. The molecule has 1 atom stereocenters. The number of likely N-dealkylation sites (N-methyl/N-ethyl adjacent to an activating group) is 2. The number of aromatic nitrogens is 2. The van der Waals surface area contributed by atoms with E-state index in [0.29, 0.717) is 12.2 Å². The predicted molar refractivity (Wildman–Crippen MR) is 133 cm³/mol. The Morgan fingerprint density at radius 2 is 1.77 bits per heavy atom. The number of piperazine rings is 1. The van der Waals surface area contributed by atoms with Crippen molar-refractivity contribution >= 4 is 17.7 Å². The molecule has 0 bridgehead atoms. The van der Waals surface area contributed by atoms with E-state index in [1.807, 2.05) is 0 Å². The van der Waals surface area contributed by atoms with Crippen molar-refractivity contribution in [1.29, 1.82) is 0 Å². The van der Waals surface area contributed by atoms with Crippen molar-refractivity contribution in [2.75, 3.05) is 53.4 Å². The standard InChI is InChI=1S/C25H41N7O3/c1-25(24(35)27-19-9-6-4-5-7-10-19)18-32-21(23(34)30(25)3)17-20(28-32)22(33)26-11-8-12-31-15-13-29(2)14-16-31/h17,19H,4-16,18H2,1-3H3,(H,26,33)(H,27,35)/t25-/m0/s1. The Hall–Kier alpha value is -2.46. The van der Waals surface area contributed by atoms with Gasteiger partial charge in [0, 0.05) is 51.9 Å². The lowest BCUT2D eigenvalue weighted by Gasteiger charge is -2.41. The second-order valence-electron chi connectivity index (χ2n) is 10.6. The van der Waals surface area contributed by atoms with Gasteiger partial charge in [-0.3, -0.25) is 19.1 Å². The summed E-state index contributed by atoms with van der Waals surface area (Å²) in [5, 5.41) is 10.5. The lowest BCUT2D eigenvalue weighted by atomic mass is 9.95. The molecule has 0 unspecified atom stereocenters. The summed E-state index contributed by atoms with van der Waals surface area (Å²) in [5.74, 6) is -0.738. The van der Waals surface area contributed by atoms with E-state index >= 15 is 0 Å². The molecule has 35 heavy (non-hydrogen) atoms. The molecule has 2 aliphatic heterocycles. The van der Waals surface area contributed by atoms with E-state index in [0.717, 1.165) is 64.8 Å². The van der Waals surface area contributed by atoms with Gasteiger partial charge in [-0.15, -0.1) is 0 Å². The molecule has 3 heterocycles. The number of nitrogens with one attached hydrogen (secondary N) is 2. The SMILES string of the molecule is CN1CCN(CCCNC(=O)c2cc3n(n2)C[C@@](C)(C(=O)NC2CCCCCC2)N(C)C3=O)CC1. The maximum absolute atomic E-state index is 13.3. The van der Waals surface area contributed by atoms with Gasteiger partial charge in [-0.25, -0.2) is 0 Å². The molecule has 0 radical (unpaired) electrons. The van der Waals surface area contributed by atoms with Crippen molar-refractivity contribution in [2.24, 2.45) is 0 Å². The quantitative estimate of drug-likeness (QED) is 0.438. The number of fused-ring (bicyclic) bond motifs is 1. The fraction of sp³-hybridized carbons (Fsp3) is 0.760. The zero-order valence-corrected chi connectivity index (χ0v) is 21.5. The Kier molecular flexibility index (Phi) is 8.11. The zero-order valence-electron chi connectivity index (χ0n) is 21.5. The normalized spacial score (nSPS) is 24.7. The first-order valence-electron chi connectivity index (χ1n) is 13.1. The molecule has 1 saturated heterocycles. The maximum atomic E-state index is 13.3. The van der Waals surface area contributed by atoms with Gasteiger partial charge in [0.15, 0.2) is 5.69 Å². The van der Waals surface area contributed by atoms with Crippen molar-refractivity contribution in [3.05, 3.63) is 17.5 Å². The predicted octanol–water partition coefficient (Wildman–Crippen LogP) is 0.934. The lowest BCUT2D eigenvalue weighted by molar-refractivity contribution is -0.133. The first-order chi connectivity index (χ1) is 16.8. The molecule has 3 amide bonds. The average Bonchev–Trinajstić information content (AvgIpc) is 3.09. The molecular weight excluding hydrogens is 446 g/mol. The minimum atomic E-state index is -1.06. The number of hydrogen-bond acceptors (Lipinski definition) is 6. The molecule has 0 spiro atoms. The summed E-state index contributed by atoms with van der Waals surface area (Å²) in [6.45, 7) is 7.77. The van der Waals surface area contributed by atoms with Crippen LogP contribution in [0.5, 0.6) is 0 Å². The van der Waals surface area contributed by atoms with Gasteiger partial charge in [-0.05, 0) is 39.8 Å². The first-order valence-corrected chi connectivity index (χ1v) is 13.1. The summed E-state index contributed by atoms with van der Waals surface area (Å²) in [7, 11) is 3.79. The monoisotopic (exact) mass is 487 g/mol. The van der Waals surface area contributed by atoms with Crippen molar-refractivity contribution in [3.63, 3.8) is 0 Å². The summed E-state index contributed by atoms with van der Waals surface area (Å²) in [4.78, 5) is 45.4. The highest BCUT2D eigenvalue weighted by molar-refractivity contribution is 6.01. The van der Waals surface area contributed by atoms with Crippen molar-refractivity contribution in [3.8, 4) is 0 Å². The summed E-state index contributed by atoms with van der Waals surface area (Å²) in [6, 6.07) is 1.69. The highest BCUT2D eigenvalue weighted by Gasteiger charge is 2.46. The summed E-state index contributed by atoms with van der Waals surface area (Å²) in [5.41, 5.74) is -0.497. The van der Waals surface area contributed by atoms with Gasteiger partial charge in [0.05, 0.1) is 6.54 Å². The van der Waals surface area contributed by atoms with Gasteiger partial charge in [0.2, 0.25) is 5.91 Å². The Bertz CT molecular complexity index is 916. The van der Waals surface area contributed by atoms with Gasteiger partial charge in [0.1, 0.15) is 11.2 Å². The molecule has 10 nitrogen and oxygen atoms in total. The van der Waals surface area contributed by atoms with Crippen LogP contribution in [0.4, 0.5) is 0 Å². The van der Waals surface area contributed by atoms with E-state index in [1.165, 1.54) is 28.5 Å². The lowest BCUT2D eigenvalue weighted by Crippen LogP contribution is -2.63. The van der Waals surface area contributed by atoms with E-state index in [4.69, 9.17) is 0 Å². The number of amides is 3. The van der Waals surface area contributed by atoms with E-state index < -0.39 is 5.54 Å². The molecule has 2 N–H and O–H groups in total. The van der Waals surface area contributed by atoms with Gasteiger partial charge < -0.3 is 25.3 Å². The molecular formula is C25H41N7O3. The fourth-order valence-corrected chi connectivity index (χ4v) is 5.27. The van der Waals surface area contributed by atoms with Crippen LogP contribution in [-0.2, 0) is 11.3 Å². The van der Waals surface area contributed by atoms with Crippen molar-refractivity contribution in [1.82, 2.24) is 35.1 Å². The van der Waals surface area contributed by atoms with E-state index in [9.17, 15) is 14.4 Å². The van der Waals surface area contributed by atoms with Crippen molar-refractivity contribution in [2.45, 2.75) is 70.0 Å². The molecule has 3 aliphatic rings. The van der Waals surface area contributed by atoms with Gasteiger partial charge in [0.25, 0.3) is 11.8 Å². The second-order valence-corrected chi connectivity index (χ2v) is 10.6. The molecule has 194 valence electrons. The van der Waals surface area contributed by atoms with Crippen LogP contribution in [0.1, 0.15) is 72.8 Å². The molecule has 1 aliphatic carbocycles. The number of hydrogen-bond donors (Lipinski definition) is 2. The van der Waals surface area contributed by atoms with Crippen LogP contribution in [0.25, 0.3) is 0 Å². The average molecular weight is 488 g/mol. The fourth-order valence-electron chi connectivity index (χ4n) is 5.27. The van der Waals surface area contributed by atoms with Crippen LogP contribution in [0.15, 0.2) is 6.07 Å². The van der Waals surface area contributed by atoms with Crippen LogP contribution < -0.4 is 10.6 Å². The number of carbonyl (C=O) groups is 3. The summed E-state index contributed by atoms with van der Waals surface area (Å²) < 4.78 is 1.52. The second kappa shape index (κ2) is 11.1. The summed E-state index contributed by atoms with van der Waals surface area (Å²) in [6.07, 6.45) is 7.47. The highest BCUT2D eigenvalue weighted by Crippen LogP contribution is 2.27. The third-order valence-corrected chi connectivity index (χ3v) is 7.95. The summed E-state index contributed by atoms with van der Waals surface area (Å²) >= 11 is 0. The van der Waals surface area contributed by atoms with Crippen LogP contribution in [0.2, 0.25) is 0 Å². The van der Waals surface area contributed by atoms with E-state index in [-0.39, 0.29) is 36.0 Å². The molecule has 1 saturated carbocycles. The van der Waals surface area contributed by atoms with E-state index in [2.05, 4.69) is 32.6 Å². The van der Waals surface area contributed by atoms with Crippen molar-refractivity contribution < 1.29 is 14.4 Å². The minimum absolute atomic E-state index is 0.150. The third kappa shape index (κ3) is 5.86. The molecule has 1 aromatic heterocycles. The Labute approximate surface area is 208 Å². The molecule has 0 aromatic carbocycles. The zero-order chi connectivity index (χ0) is 25.0. The van der Waals surface area contributed by atoms with Crippen LogP contribution in [-0.4, -0.2) is 107 Å². The Balaban J connectivity index is 1.34. The number of nitrogens with zero attached hydrogens (tertiary/aromatic N) is 5.